The minimum atomic E-state index is 0.103. The Bertz CT molecular complexity index is 452. The average molecular weight is 219 g/mol. The second kappa shape index (κ2) is 3.81. The van der Waals surface area contributed by atoms with Gasteiger partial charge in [0.15, 0.2) is 0 Å². The van der Waals surface area contributed by atoms with Crippen molar-refractivity contribution in [3.8, 4) is 5.75 Å². The van der Waals surface area contributed by atoms with Gasteiger partial charge in [0.1, 0.15) is 5.75 Å². The van der Waals surface area contributed by atoms with E-state index in [9.17, 15) is 9.90 Å². The van der Waals surface area contributed by atoms with E-state index in [1.807, 2.05) is 24.8 Å². The number of phenols is 1. The summed E-state index contributed by atoms with van der Waals surface area (Å²) < 4.78 is 0. The quantitative estimate of drug-likeness (QED) is 0.724. The van der Waals surface area contributed by atoms with Gasteiger partial charge in [-0.2, -0.15) is 0 Å². The van der Waals surface area contributed by atoms with E-state index >= 15 is 0 Å². The molecule has 16 heavy (non-hydrogen) atoms. The molecule has 86 valence electrons. The predicted octanol–water partition coefficient (Wildman–Crippen LogP) is 1.91. The molecule has 2 rings (SSSR count). The second-order valence-corrected chi connectivity index (χ2v) is 4.49. The molecule has 0 radical (unpaired) electrons. The number of hydrogen-bond acceptors (Lipinski definition) is 2. The summed E-state index contributed by atoms with van der Waals surface area (Å²) in [5.41, 5.74) is 4.46. The predicted molar refractivity (Wildman–Crippen MR) is 62.4 cm³/mol. The molecule has 0 atom stereocenters. The monoisotopic (exact) mass is 219 g/mol. The second-order valence-electron chi connectivity index (χ2n) is 4.49. The molecule has 1 aromatic carbocycles. The first-order valence-corrected chi connectivity index (χ1v) is 5.57. The van der Waals surface area contributed by atoms with E-state index in [-0.39, 0.29) is 5.91 Å². The van der Waals surface area contributed by atoms with Crippen molar-refractivity contribution in [1.82, 2.24) is 4.90 Å². The summed E-state index contributed by atoms with van der Waals surface area (Å²) in [6.45, 7) is 6.94. The third-order valence-corrected chi connectivity index (χ3v) is 3.46. The molecule has 0 bridgehead atoms. The molecule has 1 N–H and O–H groups in total. The lowest BCUT2D eigenvalue weighted by Gasteiger charge is -2.30. The number of fused-ring (bicyclic) bond motifs is 1. The number of hydrogen-bond donors (Lipinski definition) is 1. The molecule has 1 aromatic rings. The maximum absolute atomic E-state index is 11.4. The Balaban J connectivity index is 2.48. The van der Waals surface area contributed by atoms with Crippen molar-refractivity contribution in [1.29, 1.82) is 0 Å². The first-order chi connectivity index (χ1) is 7.50. The van der Waals surface area contributed by atoms with Gasteiger partial charge in [0, 0.05) is 20.0 Å². The summed E-state index contributed by atoms with van der Waals surface area (Å²) in [4.78, 5) is 13.2. The molecule has 0 aliphatic carbocycles. The van der Waals surface area contributed by atoms with Gasteiger partial charge < -0.3 is 10.0 Å². The van der Waals surface area contributed by atoms with Crippen LogP contribution in [0, 0.1) is 13.8 Å². The number of aryl methyl sites for hydroxylation is 1. The van der Waals surface area contributed by atoms with Crippen LogP contribution in [0.3, 0.4) is 0 Å². The van der Waals surface area contributed by atoms with Crippen molar-refractivity contribution in [2.75, 3.05) is 6.54 Å². The molecule has 1 amide bonds. The van der Waals surface area contributed by atoms with Crippen LogP contribution in [0.15, 0.2) is 6.07 Å². The van der Waals surface area contributed by atoms with Gasteiger partial charge >= 0.3 is 0 Å². The molecule has 1 aliphatic heterocycles. The van der Waals surface area contributed by atoms with Crippen LogP contribution in [-0.4, -0.2) is 22.5 Å². The molecule has 0 unspecified atom stereocenters. The van der Waals surface area contributed by atoms with Crippen LogP contribution in [0.25, 0.3) is 0 Å². The first kappa shape index (κ1) is 11.0. The summed E-state index contributed by atoms with van der Waals surface area (Å²) in [6, 6.07) is 1.82. The summed E-state index contributed by atoms with van der Waals surface area (Å²) >= 11 is 0. The van der Waals surface area contributed by atoms with Crippen LogP contribution in [0.2, 0.25) is 0 Å². The van der Waals surface area contributed by atoms with Crippen LogP contribution in [0.4, 0.5) is 0 Å². The van der Waals surface area contributed by atoms with E-state index in [1.165, 1.54) is 5.56 Å². The van der Waals surface area contributed by atoms with Crippen LogP contribution < -0.4 is 0 Å². The van der Waals surface area contributed by atoms with Crippen LogP contribution in [0.1, 0.15) is 29.2 Å². The van der Waals surface area contributed by atoms with Gasteiger partial charge in [-0.3, -0.25) is 4.79 Å². The van der Waals surface area contributed by atoms with Gasteiger partial charge in [0.05, 0.1) is 0 Å². The third-order valence-electron chi connectivity index (χ3n) is 3.46. The molecule has 0 fully saturated rings. The zero-order valence-corrected chi connectivity index (χ0v) is 10.0. The van der Waals surface area contributed by atoms with E-state index in [0.29, 0.717) is 12.3 Å². The largest absolute Gasteiger partial charge is 0.508 e. The fourth-order valence-corrected chi connectivity index (χ4v) is 2.37. The Labute approximate surface area is 95.7 Å². The number of amides is 1. The number of benzene rings is 1. The van der Waals surface area contributed by atoms with Crippen molar-refractivity contribution in [3.63, 3.8) is 0 Å². The molecule has 1 aliphatic rings. The Hall–Kier alpha value is -1.51. The lowest BCUT2D eigenvalue weighted by Crippen LogP contribution is -2.35. The number of nitrogens with zero attached hydrogens (tertiary/aromatic N) is 1. The highest BCUT2D eigenvalue weighted by molar-refractivity contribution is 5.74. The summed E-state index contributed by atoms with van der Waals surface area (Å²) in [7, 11) is 0. The minimum absolute atomic E-state index is 0.103. The Morgan fingerprint density at radius 3 is 2.69 bits per heavy atom. The zero-order chi connectivity index (χ0) is 11.9. The molecular weight excluding hydrogens is 202 g/mol. The van der Waals surface area contributed by atoms with Crippen molar-refractivity contribution in [2.45, 2.75) is 33.7 Å². The molecule has 0 saturated carbocycles. The fraction of sp³-hybridized carbons (Fsp3) is 0.462. The molecular formula is C13H17NO2. The van der Waals surface area contributed by atoms with Crippen molar-refractivity contribution in [2.24, 2.45) is 0 Å². The lowest BCUT2D eigenvalue weighted by molar-refractivity contribution is -0.129. The smallest absolute Gasteiger partial charge is 0.219 e. The number of aromatic hydroxyl groups is 1. The summed E-state index contributed by atoms with van der Waals surface area (Å²) in [5, 5.41) is 9.78. The topological polar surface area (TPSA) is 40.5 Å². The highest BCUT2D eigenvalue weighted by Gasteiger charge is 2.22. The van der Waals surface area contributed by atoms with Crippen molar-refractivity contribution < 1.29 is 9.90 Å². The van der Waals surface area contributed by atoms with Crippen molar-refractivity contribution in [3.05, 3.63) is 28.3 Å². The average Bonchev–Trinajstić information content (AvgIpc) is 2.25. The van der Waals surface area contributed by atoms with Gasteiger partial charge in [0.25, 0.3) is 0 Å². The fourth-order valence-electron chi connectivity index (χ4n) is 2.37. The summed E-state index contributed by atoms with van der Waals surface area (Å²) in [5.74, 6) is 0.438. The number of carbonyl (C=O) groups is 1. The number of rotatable bonds is 0. The highest BCUT2D eigenvalue weighted by atomic mass is 16.3. The SMILES string of the molecule is CC(=O)N1CCc2c(C)cc(O)c(C)c2C1. The molecule has 1 heterocycles. The van der Waals surface area contributed by atoms with Crippen LogP contribution in [0.5, 0.6) is 5.75 Å². The van der Waals surface area contributed by atoms with Crippen molar-refractivity contribution >= 4 is 5.91 Å². The maximum Gasteiger partial charge on any atom is 0.219 e. The molecule has 3 heteroatoms. The van der Waals surface area contributed by atoms with Gasteiger partial charge in [-0.25, -0.2) is 0 Å². The van der Waals surface area contributed by atoms with E-state index in [4.69, 9.17) is 0 Å². The van der Waals surface area contributed by atoms with Gasteiger partial charge in [-0.1, -0.05) is 0 Å². The normalized spacial score (nSPS) is 14.8. The zero-order valence-electron chi connectivity index (χ0n) is 10.0. The van der Waals surface area contributed by atoms with E-state index in [1.54, 1.807) is 6.92 Å². The van der Waals surface area contributed by atoms with Crippen LogP contribution >= 0.6 is 0 Å². The first-order valence-electron chi connectivity index (χ1n) is 5.57. The maximum atomic E-state index is 11.4. The van der Waals surface area contributed by atoms with E-state index < -0.39 is 0 Å². The van der Waals surface area contributed by atoms with Crippen LogP contribution in [-0.2, 0) is 17.8 Å². The van der Waals surface area contributed by atoms with Gasteiger partial charge in [-0.05, 0) is 48.6 Å². The third kappa shape index (κ3) is 1.66. The van der Waals surface area contributed by atoms with E-state index in [2.05, 4.69) is 0 Å². The highest BCUT2D eigenvalue weighted by Crippen LogP contribution is 2.31. The summed E-state index contributed by atoms with van der Waals surface area (Å²) in [6.07, 6.45) is 0.891. The molecule has 3 nitrogen and oxygen atoms in total. The van der Waals surface area contributed by atoms with Gasteiger partial charge in [0.2, 0.25) is 5.91 Å². The minimum Gasteiger partial charge on any atom is -0.508 e. The lowest BCUT2D eigenvalue weighted by atomic mass is 9.91. The Morgan fingerprint density at radius 2 is 2.06 bits per heavy atom. The molecule has 0 aromatic heterocycles. The standard InChI is InChI=1S/C13H17NO2/c1-8-6-13(16)9(2)12-7-14(10(3)15)5-4-11(8)12/h6,16H,4-5,7H2,1-3H3. The molecule has 0 saturated heterocycles. The Morgan fingerprint density at radius 1 is 1.38 bits per heavy atom. The van der Waals surface area contributed by atoms with Gasteiger partial charge in [-0.15, -0.1) is 0 Å². The van der Waals surface area contributed by atoms with E-state index in [0.717, 1.165) is 29.7 Å². The number of phenolic OH excluding ortho intramolecular Hbond substituents is 1. The Kier molecular flexibility index (Phi) is 2.62. The number of carbonyl (C=O) groups excluding carboxylic acids is 1. The molecule has 0 spiro atoms.